The average molecular weight is 265 g/mol. The number of hydrogen-bond acceptors (Lipinski definition) is 3. The molecule has 0 N–H and O–H groups in total. The second-order valence-electron chi connectivity index (χ2n) is 2.67. The van der Waals surface area contributed by atoms with Crippen LogP contribution in [0.4, 0.5) is 5.82 Å². The molecule has 1 aromatic carbocycles. The third-order valence-electron chi connectivity index (χ3n) is 1.88. The second kappa shape index (κ2) is 3.96. The van der Waals surface area contributed by atoms with Gasteiger partial charge in [-0.05, 0) is 24.4 Å². The lowest BCUT2D eigenvalue weighted by Crippen LogP contribution is -1.78. The van der Waals surface area contributed by atoms with Gasteiger partial charge in [0.15, 0.2) is 5.82 Å². The minimum absolute atomic E-state index is 0.610. The molecule has 0 unspecified atom stereocenters. The minimum atomic E-state index is 0.610. The molecule has 0 radical (unpaired) electrons. The van der Waals surface area contributed by atoms with Crippen LogP contribution in [0.25, 0.3) is 10.8 Å². The number of thiocarbonyl (C=S) groups is 1. The molecule has 0 spiro atoms. The Bertz CT molecular complexity index is 533. The third kappa shape index (κ3) is 1.60. The van der Waals surface area contributed by atoms with E-state index in [4.69, 9.17) is 0 Å². The molecule has 14 heavy (non-hydrogen) atoms. The summed E-state index contributed by atoms with van der Waals surface area (Å²) in [5.41, 5.74) is 0. The van der Waals surface area contributed by atoms with Crippen LogP contribution in [0.5, 0.6) is 0 Å². The van der Waals surface area contributed by atoms with Crippen LogP contribution in [0, 0.1) is 0 Å². The van der Waals surface area contributed by atoms with Gasteiger partial charge in [0.05, 0.1) is 5.16 Å². The molecule has 2 nitrogen and oxygen atoms in total. The van der Waals surface area contributed by atoms with Gasteiger partial charge in [-0.15, -0.1) is 0 Å². The number of isothiocyanates is 1. The summed E-state index contributed by atoms with van der Waals surface area (Å²) >= 11 is 8.03. The molecular formula is C10H5BrN2S. The van der Waals surface area contributed by atoms with Gasteiger partial charge in [-0.3, -0.25) is 0 Å². The summed E-state index contributed by atoms with van der Waals surface area (Å²) in [4.78, 5) is 8.03. The van der Waals surface area contributed by atoms with Crippen LogP contribution in [0.15, 0.2) is 39.9 Å². The SMILES string of the molecule is S=C=Nc1nccc2c(Br)cccc12. The molecule has 0 fully saturated rings. The van der Waals surface area contributed by atoms with Crippen molar-refractivity contribution in [2.45, 2.75) is 0 Å². The molecule has 0 saturated carbocycles. The summed E-state index contributed by atoms with van der Waals surface area (Å²) in [6, 6.07) is 7.81. The summed E-state index contributed by atoms with van der Waals surface area (Å²) in [5.74, 6) is 0.610. The van der Waals surface area contributed by atoms with Crippen molar-refractivity contribution in [2.75, 3.05) is 0 Å². The molecule has 1 aromatic heterocycles. The van der Waals surface area contributed by atoms with Crippen molar-refractivity contribution in [1.82, 2.24) is 4.98 Å². The minimum Gasteiger partial charge on any atom is -0.236 e. The van der Waals surface area contributed by atoms with Gasteiger partial charge in [0, 0.05) is 21.4 Å². The average Bonchev–Trinajstić information content (AvgIpc) is 2.20. The first kappa shape index (κ1) is 9.46. The Hall–Kier alpha value is -1.09. The van der Waals surface area contributed by atoms with Crippen LogP contribution in [0.1, 0.15) is 0 Å². The Morgan fingerprint density at radius 3 is 2.93 bits per heavy atom. The van der Waals surface area contributed by atoms with Crippen molar-refractivity contribution in [3.05, 3.63) is 34.9 Å². The van der Waals surface area contributed by atoms with Gasteiger partial charge in [-0.1, -0.05) is 28.1 Å². The van der Waals surface area contributed by atoms with E-state index >= 15 is 0 Å². The van der Waals surface area contributed by atoms with Crippen molar-refractivity contribution in [3.8, 4) is 0 Å². The first-order valence-electron chi connectivity index (χ1n) is 3.94. The number of aliphatic imine (C=N–C) groups is 1. The van der Waals surface area contributed by atoms with Crippen LogP contribution in [0.3, 0.4) is 0 Å². The van der Waals surface area contributed by atoms with Gasteiger partial charge >= 0.3 is 0 Å². The predicted molar refractivity (Wildman–Crippen MR) is 64.1 cm³/mol. The molecule has 0 aliphatic rings. The number of fused-ring (bicyclic) bond motifs is 1. The predicted octanol–water partition coefficient (Wildman–Crippen LogP) is 3.73. The van der Waals surface area contributed by atoms with Crippen LogP contribution in [-0.4, -0.2) is 10.1 Å². The van der Waals surface area contributed by atoms with Gasteiger partial charge < -0.3 is 0 Å². The summed E-state index contributed by atoms with van der Waals surface area (Å²) in [5, 5.41) is 4.37. The molecule has 4 heteroatoms. The van der Waals surface area contributed by atoms with E-state index in [1.165, 1.54) is 0 Å². The van der Waals surface area contributed by atoms with E-state index in [1.807, 2.05) is 24.3 Å². The molecule has 0 atom stereocenters. The highest BCUT2D eigenvalue weighted by molar-refractivity contribution is 9.10. The van der Waals surface area contributed by atoms with Crippen molar-refractivity contribution < 1.29 is 0 Å². The zero-order valence-corrected chi connectivity index (χ0v) is 9.47. The number of pyridine rings is 1. The maximum Gasteiger partial charge on any atom is 0.170 e. The van der Waals surface area contributed by atoms with Crippen molar-refractivity contribution in [1.29, 1.82) is 0 Å². The number of benzene rings is 1. The highest BCUT2D eigenvalue weighted by Crippen LogP contribution is 2.28. The molecule has 0 amide bonds. The van der Waals surface area contributed by atoms with Gasteiger partial charge in [0.25, 0.3) is 0 Å². The van der Waals surface area contributed by atoms with E-state index in [9.17, 15) is 0 Å². The fourth-order valence-corrected chi connectivity index (χ4v) is 1.87. The van der Waals surface area contributed by atoms with Gasteiger partial charge in [-0.25, -0.2) is 4.98 Å². The van der Waals surface area contributed by atoms with E-state index < -0.39 is 0 Å². The molecule has 68 valence electrons. The number of halogens is 1. The lowest BCUT2D eigenvalue weighted by Gasteiger charge is -2.00. The fourth-order valence-electron chi connectivity index (χ4n) is 1.29. The van der Waals surface area contributed by atoms with Crippen LogP contribution in [0.2, 0.25) is 0 Å². The van der Waals surface area contributed by atoms with E-state index in [-0.39, 0.29) is 0 Å². The monoisotopic (exact) mass is 264 g/mol. The number of aromatic nitrogens is 1. The normalized spacial score (nSPS) is 9.79. The van der Waals surface area contributed by atoms with Crippen molar-refractivity contribution >= 4 is 49.9 Å². The van der Waals surface area contributed by atoms with Crippen LogP contribution < -0.4 is 0 Å². The molecule has 1 heterocycles. The lowest BCUT2D eigenvalue weighted by molar-refractivity contribution is 1.31. The highest BCUT2D eigenvalue weighted by atomic mass is 79.9. The maximum absolute atomic E-state index is 4.56. The van der Waals surface area contributed by atoms with Gasteiger partial charge in [0.1, 0.15) is 0 Å². The first-order valence-corrected chi connectivity index (χ1v) is 5.14. The van der Waals surface area contributed by atoms with Crippen LogP contribution in [-0.2, 0) is 0 Å². The number of hydrogen-bond donors (Lipinski definition) is 0. The third-order valence-corrected chi connectivity index (χ3v) is 2.67. The molecule has 0 bridgehead atoms. The molecule has 0 aliphatic carbocycles. The van der Waals surface area contributed by atoms with E-state index in [0.717, 1.165) is 15.2 Å². The largest absolute Gasteiger partial charge is 0.236 e. The summed E-state index contributed by atoms with van der Waals surface area (Å²) in [7, 11) is 0. The summed E-state index contributed by atoms with van der Waals surface area (Å²) in [6.45, 7) is 0. The quantitative estimate of drug-likeness (QED) is 0.579. The van der Waals surface area contributed by atoms with Gasteiger partial charge in [-0.2, -0.15) is 4.99 Å². The Morgan fingerprint density at radius 2 is 2.14 bits per heavy atom. The zero-order valence-electron chi connectivity index (χ0n) is 7.07. The summed E-state index contributed by atoms with van der Waals surface area (Å²) in [6.07, 6.45) is 1.71. The van der Waals surface area contributed by atoms with Crippen molar-refractivity contribution in [3.63, 3.8) is 0 Å². The Morgan fingerprint density at radius 1 is 1.29 bits per heavy atom. The lowest BCUT2D eigenvalue weighted by atomic mass is 10.2. The molecule has 0 aliphatic heterocycles. The Labute approximate surface area is 94.8 Å². The van der Waals surface area contributed by atoms with E-state index in [2.05, 4.69) is 43.3 Å². The fraction of sp³-hybridized carbons (Fsp3) is 0. The number of rotatable bonds is 1. The summed E-state index contributed by atoms with van der Waals surface area (Å²) < 4.78 is 1.03. The first-order chi connectivity index (χ1) is 6.83. The second-order valence-corrected chi connectivity index (χ2v) is 3.71. The topological polar surface area (TPSA) is 25.2 Å². The smallest absolute Gasteiger partial charge is 0.170 e. The molecular weight excluding hydrogens is 260 g/mol. The van der Waals surface area contributed by atoms with E-state index in [0.29, 0.717) is 5.82 Å². The van der Waals surface area contributed by atoms with Crippen LogP contribution >= 0.6 is 28.1 Å². The molecule has 2 rings (SSSR count). The van der Waals surface area contributed by atoms with Crippen molar-refractivity contribution in [2.24, 2.45) is 4.99 Å². The number of nitrogens with zero attached hydrogens (tertiary/aromatic N) is 2. The Kier molecular flexibility index (Phi) is 2.68. The van der Waals surface area contributed by atoms with E-state index in [1.54, 1.807) is 6.20 Å². The van der Waals surface area contributed by atoms with Gasteiger partial charge in [0.2, 0.25) is 0 Å². The highest BCUT2D eigenvalue weighted by Gasteiger charge is 2.02. The molecule has 2 aromatic rings. The molecule has 0 saturated heterocycles. The maximum atomic E-state index is 4.56. The zero-order chi connectivity index (χ0) is 9.97. The standard InChI is InChI=1S/C10H5BrN2S/c11-9-3-1-2-8-7(9)4-5-12-10(8)13-6-14/h1-5H. The Balaban J connectivity index is 2.87.